The molecule has 1 aliphatic heterocycles. The highest BCUT2D eigenvalue weighted by atomic mass is 16.5. The molecule has 2 aliphatic rings. The van der Waals surface area contributed by atoms with Gasteiger partial charge in [-0.2, -0.15) is 5.10 Å². The summed E-state index contributed by atoms with van der Waals surface area (Å²) in [7, 11) is 5.24. The maximum Gasteiger partial charge on any atom is 0.257 e. The lowest BCUT2D eigenvalue weighted by atomic mass is 10.0. The van der Waals surface area contributed by atoms with Crippen LogP contribution in [-0.4, -0.2) is 45.5 Å². The van der Waals surface area contributed by atoms with E-state index in [0.29, 0.717) is 34.9 Å². The number of carbonyl (C=O) groups excluding carboxylic acids is 2. The number of anilines is 2. The summed E-state index contributed by atoms with van der Waals surface area (Å²) in [6.07, 6.45) is 5.93. The van der Waals surface area contributed by atoms with Gasteiger partial charge in [0.05, 0.1) is 48.2 Å². The van der Waals surface area contributed by atoms with Crippen LogP contribution in [0.2, 0.25) is 0 Å². The van der Waals surface area contributed by atoms with Gasteiger partial charge in [0, 0.05) is 43.8 Å². The van der Waals surface area contributed by atoms with Crippen LogP contribution in [0.15, 0.2) is 36.7 Å². The number of aromatic nitrogens is 3. The van der Waals surface area contributed by atoms with Crippen molar-refractivity contribution in [3.63, 3.8) is 0 Å². The van der Waals surface area contributed by atoms with Gasteiger partial charge in [-0.1, -0.05) is 12.1 Å². The number of hydrogen-bond donors (Lipinski definition) is 1. The number of carbonyl (C=O) groups is 2. The van der Waals surface area contributed by atoms with Crippen molar-refractivity contribution < 1.29 is 14.3 Å². The van der Waals surface area contributed by atoms with Gasteiger partial charge in [0.15, 0.2) is 0 Å². The summed E-state index contributed by atoms with van der Waals surface area (Å²) in [5.74, 6) is 0.956. The third-order valence-corrected chi connectivity index (χ3v) is 5.99. The molecule has 0 unspecified atom stereocenters. The summed E-state index contributed by atoms with van der Waals surface area (Å²) in [5.41, 5.74) is 5.12. The molecule has 0 saturated heterocycles. The molecule has 1 amide bonds. The van der Waals surface area contributed by atoms with Crippen molar-refractivity contribution in [2.24, 2.45) is 13.0 Å². The Morgan fingerprint density at radius 1 is 1.25 bits per heavy atom. The number of para-hydroxylation sites is 1. The smallest absolute Gasteiger partial charge is 0.257 e. The van der Waals surface area contributed by atoms with Gasteiger partial charge in [0.25, 0.3) is 5.91 Å². The molecule has 1 fully saturated rings. The van der Waals surface area contributed by atoms with E-state index < -0.39 is 0 Å². The predicted molar refractivity (Wildman–Crippen MR) is 120 cm³/mol. The predicted octanol–water partition coefficient (Wildman–Crippen LogP) is 3.34. The lowest BCUT2D eigenvalue weighted by molar-refractivity contribution is -0.119. The Bertz CT molecular complexity index is 1230. The van der Waals surface area contributed by atoms with E-state index in [1.807, 2.05) is 37.5 Å². The van der Waals surface area contributed by atoms with Gasteiger partial charge in [-0.3, -0.25) is 19.3 Å². The highest BCUT2D eigenvalue weighted by Gasteiger charge is 2.33. The van der Waals surface area contributed by atoms with Crippen molar-refractivity contribution >= 4 is 23.1 Å². The normalized spacial score (nSPS) is 15.1. The van der Waals surface area contributed by atoms with Crippen LogP contribution in [0.5, 0.6) is 5.75 Å². The fraction of sp³-hybridized carbons (Fsp3) is 0.333. The van der Waals surface area contributed by atoms with Gasteiger partial charge in [0.2, 0.25) is 0 Å². The second kappa shape index (κ2) is 7.78. The summed E-state index contributed by atoms with van der Waals surface area (Å²) >= 11 is 0. The summed E-state index contributed by atoms with van der Waals surface area (Å²) in [6, 6.07) is 7.63. The first-order valence-corrected chi connectivity index (χ1v) is 10.7. The number of amides is 1. The Morgan fingerprint density at radius 2 is 2.06 bits per heavy atom. The van der Waals surface area contributed by atoms with E-state index in [1.165, 1.54) is 0 Å². The first kappa shape index (κ1) is 20.2. The molecule has 8 nitrogen and oxygen atoms in total. The molecule has 5 rings (SSSR count). The van der Waals surface area contributed by atoms with Gasteiger partial charge in [-0.05, 0) is 25.0 Å². The zero-order valence-corrected chi connectivity index (χ0v) is 18.4. The Labute approximate surface area is 186 Å². The maximum absolute atomic E-state index is 12.8. The number of nitrogens with one attached hydrogen (secondary N) is 1. The molecule has 2 aromatic heterocycles. The highest BCUT2D eigenvalue weighted by molar-refractivity contribution is 6.04. The van der Waals surface area contributed by atoms with Gasteiger partial charge in [0.1, 0.15) is 11.5 Å². The van der Waals surface area contributed by atoms with Crippen molar-refractivity contribution in [2.45, 2.75) is 25.8 Å². The number of pyridine rings is 1. The Morgan fingerprint density at radius 3 is 2.75 bits per heavy atom. The minimum atomic E-state index is -0.0857. The maximum atomic E-state index is 12.8. The van der Waals surface area contributed by atoms with E-state index in [2.05, 4.69) is 15.4 Å². The number of ketones is 1. The zero-order chi connectivity index (χ0) is 22.4. The van der Waals surface area contributed by atoms with Crippen molar-refractivity contribution in [2.75, 3.05) is 19.5 Å². The number of methoxy groups -OCH3 is 1. The van der Waals surface area contributed by atoms with Gasteiger partial charge in [-0.15, -0.1) is 0 Å². The van der Waals surface area contributed by atoms with Crippen LogP contribution in [-0.2, 0) is 24.8 Å². The monoisotopic (exact) mass is 431 g/mol. The fourth-order valence-electron chi connectivity index (χ4n) is 4.20. The van der Waals surface area contributed by atoms with Crippen LogP contribution in [0.4, 0.5) is 11.4 Å². The molecule has 1 saturated carbocycles. The average molecular weight is 431 g/mol. The number of Topliss-reactive ketones (excluding diaryl/α,β-unsaturated/α-hetero) is 1. The van der Waals surface area contributed by atoms with Crippen LogP contribution in [0.3, 0.4) is 0 Å². The molecule has 0 radical (unpaired) electrons. The molecule has 3 heterocycles. The molecule has 1 N–H and O–H groups in total. The van der Waals surface area contributed by atoms with Crippen molar-refractivity contribution in [3.8, 4) is 16.9 Å². The molecular weight excluding hydrogens is 406 g/mol. The minimum Gasteiger partial charge on any atom is -0.494 e. The number of nitrogens with zero attached hydrogens (tertiary/aromatic N) is 4. The highest BCUT2D eigenvalue weighted by Crippen LogP contribution is 2.39. The van der Waals surface area contributed by atoms with E-state index in [-0.39, 0.29) is 24.0 Å². The number of benzene rings is 1. The summed E-state index contributed by atoms with van der Waals surface area (Å²) < 4.78 is 7.49. The van der Waals surface area contributed by atoms with Crippen molar-refractivity contribution in [1.29, 1.82) is 0 Å². The largest absolute Gasteiger partial charge is 0.494 e. The fourth-order valence-corrected chi connectivity index (χ4v) is 4.20. The van der Waals surface area contributed by atoms with Crippen molar-refractivity contribution in [1.82, 2.24) is 19.7 Å². The third-order valence-electron chi connectivity index (χ3n) is 5.99. The number of ether oxygens (including phenoxy) is 1. The average Bonchev–Trinajstić information content (AvgIpc) is 3.47. The molecule has 32 heavy (non-hydrogen) atoms. The van der Waals surface area contributed by atoms with Crippen LogP contribution in [0.25, 0.3) is 11.1 Å². The Hall–Kier alpha value is -3.68. The molecule has 0 atom stereocenters. The van der Waals surface area contributed by atoms with E-state index in [1.54, 1.807) is 29.9 Å². The lowest BCUT2D eigenvalue weighted by Crippen LogP contribution is -2.18. The Kier molecular flexibility index (Phi) is 4.92. The first-order valence-electron chi connectivity index (χ1n) is 10.7. The standard InChI is InChI=1S/C24H25N5O3/c1-28-13-20-22(24(28)31)19(9-16(26-20)10-21(30)14-7-8-14)27-18-6-4-5-17(23(18)32-3)15-11-25-29(2)12-15/h4-6,9,11-12,14H,7-8,10,13H2,1-3H3,(H,26,27). The zero-order valence-electron chi connectivity index (χ0n) is 18.4. The third kappa shape index (κ3) is 3.62. The number of fused-ring (bicyclic) bond motifs is 1. The molecule has 1 aliphatic carbocycles. The number of rotatable bonds is 7. The van der Waals surface area contributed by atoms with Crippen LogP contribution >= 0.6 is 0 Å². The summed E-state index contributed by atoms with van der Waals surface area (Å²) in [5, 5.41) is 7.66. The molecular formula is C24H25N5O3. The van der Waals surface area contributed by atoms with Gasteiger partial charge >= 0.3 is 0 Å². The summed E-state index contributed by atoms with van der Waals surface area (Å²) in [6.45, 7) is 0.432. The lowest BCUT2D eigenvalue weighted by Gasteiger charge is -2.17. The SMILES string of the molecule is COc1c(Nc2cc(CC(=O)C3CC3)nc3c2C(=O)N(C)C3)cccc1-c1cnn(C)c1. The van der Waals surface area contributed by atoms with Gasteiger partial charge in [-0.25, -0.2) is 0 Å². The van der Waals surface area contributed by atoms with Crippen molar-refractivity contribution in [3.05, 3.63) is 53.6 Å². The minimum absolute atomic E-state index is 0.0857. The van der Waals surface area contributed by atoms with Crippen LogP contribution < -0.4 is 10.1 Å². The second-order valence-corrected chi connectivity index (χ2v) is 8.48. The first-order chi connectivity index (χ1) is 15.4. The number of hydrogen-bond acceptors (Lipinski definition) is 6. The van der Waals surface area contributed by atoms with E-state index in [9.17, 15) is 9.59 Å². The molecule has 0 spiro atoms. The summed E-state index contributed by atoms with van der Waals surface area (Å²) in [4.78, 5) is 31.5. The molecule has 8 heteroatoms. The van der Waals surface area contributed by atoms with Crippen LogP contribution in [0, 0.1) is 5.92 Å². The molecule has 1 aromatic carbocycles. The topological polar surface area (TPSA) is 89.3 Å². The van der Waals surface area contributed by atoms with E-state index in [4.69, 9.17) is 4.74 Å². The number of aryl methyl sites for hydroxylation is 1. The molecule has 3 aromatic rings. The van der Waals surface area contributed by atoms with Crippen LogP contribution in [0.1, 0.15) is 34.6 Å². The van der Waals surface area contributed by atoms with E-state index >= 15 is 0 Å². The molecule has 0 bridgehead atoms. The van der Waals surface area contributed by atoms with Gasteiger partial charge < -0.3 is 15.0 Å². The Balaban J connectivity index is 1.55. The van der Waals surface area contributed by atoms with E-state index in [0.717, 1.165) is 29.7 Å². The quantitative estimate of drug-likeness (QED) is 0.617. The molecule has 164 valence electrons. The second-order valence-electron chi connectivity index (χ2n) is 8.48.